The van der Waals surface area contributed by atoms with Gasteiger partial charge in [-0.05, 0) is 67.0 Å². The second-order valence-electron chi connectivity index (χ2n) is 5.16. The Hall–Kier alpha value is -1.07. The standard InChI is InChI=1S/C16H17Br2NO2/c1-10(2)19(9-13-6-4-11(3)21-13)16(20)14-8-12(17)5-7-15(14)18/h4-8,10H,9H2,1-3H3. The van der Waals surface area contributed by atoms with Gasteiger partial charge in [-0.2, -0.15) is 0 Å². The van der Waals surface area contributed by atoms with Crippen LogP contribution in [0.1, 0.15) is 35.7 Å². The zero-order valence-electron chi connectivity index (χ0n) is 12.2. The lowest BCUT2D eigenvalue weighted by Crippen LogP contribution is -2.36. The van der Waals surface area contributed by atoms with Gasteiger partial charge in [0.1, 0.15) is 11.5 Å². The first-order valence-corrected chi connectivity index (χ1v) is 8.28. The van der Waals surface area contributed by atoms with Crippen molar-refractivity contribution < 1.29 is 9.21 Å². The molecule has 21 heavy (non-hydrogen) atoms. The van der Waals surface area contributed by atoms with E-state index in [9.17, 15) is 4.79 Å². The summed E-state index contributed by atoms with van der Waals surface area (Å²) in [5.74, 6) is 1.62. The van der Waals surface area contributed by atoms with Crippen LogP contribution in [0.4, 0.5) is 0 Å². The highest BCUT2D eigenvalue weighted by molar-refractivity contribution is 9.11. The highest BCUT2D eigenvalue weighted by atomic mass is 79.9. The van der Waals surface area contributed by atoms with Gasteiger partial charge in [-0.15, -0.1) is 0 Å². The molecule has 1 aromatic carbocycles. The van der Waals surface area contributed by atoms with E-state index in [1.165, 1.54) is 0 Å². The molecule has 2 aromatic rings. The molecule has 0 bridgehead atoms. The molecule has 0 N–H and O–H groups in total. The van der Waals surface area contributed by atoms with Crippen LogP contribution in [0, 0.1) is 6.92 Å². The van der Waals surface area contributed by atoms with E-state index < -0.39 is 0 Å². The number of amides is 1. The molecule has 2 rings (SSSR count). The molecule has 0 aliphatic rings. The zero-order chi connectivity index (χ0) is 15.6. The molecule has 3 nitrogen and oxygen atoms in total. The Morgan fingerprint density at radius 3 is 2.52 bits per heavy atom. The number of hydrogen-bond donors (Lipinski definition) is 0. The molecule has 0 saturated heterocycles. The van der Waals surface area contributed by atoms with E-state index in [0.717, 1.165) is 20.5 Å². The van der Waals surface area contributed by atoms with Crippen molar-refractivity contribution in [2.75, 3.05) is 0 Å². The van der Waals surface area contributed by atoms with E-state index in [0.29, 0.717) is 12.1 Å². The Labute approximate surface area is 141 Å². The fourth-order valence-electron chi connectivity index (χ4n) is 2.04. The van der Waals surface area contributed by atoms with E-state index in [2.05, 4.69) is 31.9 Å². The summed E-state index contributed by atoms with van der Waals surface area (Å²) in [7, 11) is 0. The Morgan fingerprint density at radius 2 is 1.95 bits per heavy atom. The van der Waals surface area contributed by atoms with Gasteiger partial charge in [0, 0.05) is 15.0 Å². The number of furan rings is 1. The van der Waals surface area contributed by atoms with Crippen molar-refractivity contribution in [2.45, 2.75) is 33.4 Å². The van der Waals surface area contributed by atoms with Gasteiger partial charge >= 0.3 is 0 Å². The molecule has 0 unspecified atom stereocenters. The second-order valence-corrected chi connectivity index (χ2v) is 6.93. The molecule has 112 valence electrons. The number of nitrogens with zero attached hydrogens (tertiary/aromatic N) is 1. The Balaban J connectivity index is 2.29. The number of carbonyl (C=O) groups is 1. The van der Waals surface area contributed by atoms with Gasteiger partial charge in [0.15, 0.2) is 0 Å². The first kappa shape index (κ1) is 16.3. The minimum absolute atomic E-state index is 0.0211. The van der Waals surface area contributed by atoms with Gasteiger partial charge in [0.25, 0.3) is 5.91 Å². The molecule has 0 atom stereocenters. The topological polar surface area (TPSA) is 33.5 Å². The van der Waals surface area contributed by atoms with Crippen molar-refractivity contribution >= 4 is 37.8 Å². The molecule has 0 spiro atoms. The highest BCUT2D eigenvalue weighted by Gasteiger charge is 2.22. The van der Waals surface area contributed by atoms with E-state index in [4.69, 9.17) is 4.42 Å². The summed E-state index contributed by atoms with van der Waals surface area (Å²) >= 11 is 6.86. The van der Waals surface area contributed by atoms with Crippen LogP contribution in [-0.4, -0.2) is 16.8 Å². The number of carbonyl (C=O) groups excluding carboxylic acids is 1. The lowest BCUT2D eigenvalue weighted by molar-refractivity contribution is 0.0674. The summed E-state index contributed by atoms with van der Waals surface area (Å²) in [6.45, 7) is 6.36. The van der Waals surface area contributed by atoms with Crippen LogP contribution in [0.25, 0.3) is 0 Å². The largest absolute Gasteiger partial charge is 0.464 e. The minimum atomic E-state index is -0.0211. The predicted octanol–water partition coefficient (Wildman–Crippen LogP) is 5.16. The molecule has 5 heteroatoms. The van der Waals surface area contributed by atoms with E-state index >= 15 is 0 Å². The summed E-state index contributed by atoms with van der Waals surface area (Å²) in [6.07, 6.45) is 0. The molecule has 1 heterocycles. The molecule has 0 radical (unpaired) electrons. The average molecular weight is 415 g/mol. The Kier molecular flexibility index (Phi) is 5.27. The van der Waals surface area contributed by atoms with Gasteiger partial charge in [-0.25, -0.2) is 0 Å². The lowest BCUT2D eigenvalue weighted by Gasteiger charge is -2.26. The van der Waals surface area contributed by atoms with Crippen molar-refractivity contribution in [3.05, 3.63) is 56.4 Å². The molecular weight excluding hydrogens is 398 g/mol. The highest BCUT2D eigenvalue weighted by Crippen LogP contribution is 2.24. The predicted molar refractivity (Wildman–Crippen MR) is 90.3 cm³/mol. The fourth-order valence-corrected chi connectivity index (χ4v) is 2.82. The van der Waals surface area contributed by atoms with Crippen LogP contribution < -0.4 is 0 Å². The van der Waals surface area contributed by atoms with Crippen molar-refractivity contribution in [2.24, 2.45) is 0 Å². The van der Waals surface area contributed by atoms with E-state index in [1.807, 2.05) is 51.1 Å². The van der Waals surface area contributed by atoms with Gasteiger partial charge in [-0.1, -0.05) is 15.9 Å². The van der Waals surface area contributed by atoms with Crippen LogP contribution in [0.15, 0.2) is 43.7 Å². The number of hydrogen-bond acceptors (Lipinski definition) is 2. The normalized spacial score (nSPS) is 11.0. The van der Waals surface area contributed by atoms with Crippen LogP contribution in [-0.2, 0) is 6.54 Å². The maximum Gasteiger partial charge on any atom is 0.255 e. The third kappa shape index (κ3) is 3.98. The van der Waals surface area contributed by atoms with E-state index in [-0.39, 0.29) is 11.9 Å². The first-order chi connectivity index (χ1) is 9.88. The van der Waals surface area contributed by atoms with Gasteiger partial charge in [0.05, 0.1) is 12.1 Å². The van der Waals surface area contributed by atoms with Crippen LogP contribution in [0.2, 0.25) is 0 Å². The van der Waals surface area contributed by atoms with Crippen molar-refractivity contribution in [3.63, 3.8) is 0 Å². The molecule has 0 saturated carbocycles. The minimum Gasteiger partial charge on any atom is -0.464 e. The average Bonchev–Trinajstić information content (AvgIpc) is 2.83. The quantitative estimate of drug-likeness (QED) is 0.691. The zero-order valence-corrected chi connectivity index (χ0v) is 15.4. The first-order valence-electron chi connectivity index (χ1n) is 6.70. The van der Waals surface area contributed by atoms with Gasteiger partial charge in [-0.3, -0.25) is 4.79 Å². The summed E-state index contributed by atoms with van der Waals surface area (Å²) < 4.78 is 7.26. The van der Waals surface area contributed by atoms with Crippen LogP contribution in [0.3, 0.4) is 0 Å². The third-order valence-electron chi connectivity index (χ3n) is 3.17. The molecule has 1 amide bonds. The molecule has 0 aliphatic heterocycles. The maximum absolute atomic E-state index is 12.8. The number of benzene rings is 1. The molecule has 0 fully saturated rings. The smallest absolute Gasteiger partial charge is 0.255 e. The Morgan fingerprint density at radius 1 is 1.24 bits per heavy atom. The van der Waals surface area contributed by atoms with Crippen molar-refractivity contribution in [1.82, 2.24) is 4.90 Å². The van der Waals surface area contributed by atoms with Crippen molar-refractivity contribution in [1.29, 1.82) is 0 Å². The van der Waals surface area contributed by atoms with Crippen molar-refractivity contribution in [3.8, 4) is 0 Å². The summed E-state index contributed by atoms with van der Waals surface area (Å²) in [6, 6.07) is 9.49. The second kappa shape index (κ2) is 6.79. The third-order valence-corrected chi connectivity index (χ3v) is 4.35. The fraction of sp³-hybridized carbons (Fsp3) is 0.312. The van der Waals surface area contributed by atoms with Crippen LogP contribution in [0.5, 0.6) is 0 Å². The Bertz CT molecular complexity index is 649. The number of rotatable bonds is 4. The van der Waals surface area contributed by atoms with Gasteiger partial charge in [0.2, 0.25) is 0 Å². The summed E-state index contributed by atoms with van der Waals surface area (Å²) in [5.41, 5.74) is 0.640. The number of aryl methyl sites for hydroxylation is 1. The number of halogens is 2. The van der Waals surface area contributed by atoms with Gasteiger partial charge < -0.3 is 9.32 Å². The summed E-state index contributed by atoms with van der Waals surface area (Å²) in [5, 5.41) is 0. The van der Waals surface area contributed by atoms with Crippen LogP contribution >= 0.6 is 31.9 Å². The maximum atomic E-state index is 12.8. The molecule has 0 aliphatic carbocycles. The molecule has 1 aromatic heterocycles. The lowest BCUT2D eigenvalue weighted by atomic mass is 10.1. The molecular formula is C16H17Br2NO2. The summed E-state index contributed by atoms with van der Waals surface area (Å²) in [4.78, 5) is 14.6. The monoisotopic (exact) mass is 413 g/mol. The van der Waals surface area contributed by atoms with E-state index in [1.54, 1.807) is 4.90 Å². The SMILES string of the molecule is Cc1ccc(CN(C(=O)c2cc(Br)ccc2Br)C(C)C)o1.